The summed E-state index contributed by atoms with van der Waals surface area (Å²) in [5.41, 5.74) is 1.44. The molecule has 2 rings (SSSR count). The summed E-state index contributed by atoms with van der Waals surface area (Å²) in [5.74, 6) is -0.440. The normalized spacial score (nSPS) is 31.2. The molecule has 1 aromatic carbocycles. The molecule has 1 heterocycles. The molecule has 1 fully saturated rings. The van der Waals surface area contributed by atoms with Crippen LogP contribution in [0.3, 0.4) is 0 Å². The van der Waals surface area contributed by atoms with Gasteiger partial charge in [-0.25, -0.2) is 0 Å². The van der Waals surface area contributed by atoms with Gasteiger partial charge in [0.1, 0.15) is 0 Å². The highest BCUT2D eigenvalue weighted by Gasteiger charge is 2.41. The van der Waals surface area contributed by atoms with Crippen molar-refractivity contribution in [3.05, 3.63) is 35.9 Å². The van der Waals surface area contributed by atoms with Crippen LogP contribution in [-0.4, -0.2) is 18.5 Å². The van der Waals surface area contributed by atoms with E-state index in [1.165, 1.54) is 5.56 Å². The first-order chi connectivity index (χ1) is 8.41. The molecule has 0 bridgehead atoms. The zero-order chi connectivity index (χ0) is 13.2. The van der Waals surface area contributed by atoms with Gasteiger partial charge in [0, 0.05) is 11.8 Å². The molecule has 1 saturated heterocycles. The molecule has 0 aromatic heterocycles. The molecule has 0 N–H and O–H groups in total. The molecule has 2 heteroatoms. The average Bonchev–Trinajstić information content (AvgIpc) is 2.34. The Balaban J connectivity index is 1.93. The number of benzene rings is 1. The molecule has 2 nitrogen and oxygen atoms in total. The summed E-state index contributed by atoms with van der Waals surface area (Å²) in [6.45, 7) is 9.34. The monoisotopic (exact) mass is 248 g/mol. The third-order valence-corrected chi connectivity index (χ3v) is 3.99. The highest BCUT2D eigenvalue weighted by atomic mass is 16.7. The van der Waals surface area contributed by atoms with Crippen molar-refractivity contribution in [3.63, 3.8) is 0 Å². The maximum atomic E-state index is 6.09. The van der Waals surface area contributed by atoms with Gasteiger partial charge in [-0.2, -0.15) is 0 Å². The Morgan fingerprint density at radius 1 is 1.17 bits per heavy atom. The van der Waals surface area contributed by atoms with Crippen LogP contribution in [0.1, 0.15) is 39.7 Å². The van der Waals surface area contributed by atoms with Crippen LogP contribution in [0.15, 0.2) is 30.3 Å². The van der Waals surface area contributed by atoms with Gasteiger partial charge in [0.05, 0.1) is 12.7 Å². The Kier molecular flexibility index (Phi) is 3.79. The maximum absolute atomic E-state index is 6.09. The summed E-state index contributed by atoms with van der Waals surface area (Å²) in [6, 6.07) is 10.5. The van der Waals surface area contributed by atoms with Gasteiger partial charge in [-0.3, -0.25) is 0 Å². The molecule has 0 saturated carbocycles. The maximum Gasteiger partial charge on any atom is 0.166 e. The molecule has 18 heavy (non-hydrogen) atoms. The quantitative estimate of drug-likeness (QED) is 0.810. The van der Waals surface area contributed by atoms with E-state index in [9.17, 15) is 0 Å². The number of ether oxygens (including phenoxy) is 2. The Bertz CT molecular complexity index is 385. The standard InChI is InChI=1S/C16H24O2/c1-13-15(2,3)12-17-16(4,18-13)11-10-14-8-6-5-7-9-14/h5-9,13H,10-12H2,1-4H3/t13-,16-/m0/s1. The summed E-state index contributed by atoms with van der Waals surface area (Å²) in [6.07, 6.45) is 2.12. The van der Waals surface area contributed by atoms with E-state index in [1.807, 2.05) is 6.07 Å². The Morgan fingerprint density at radius 2 is 1.83 bits per heavy atom. The smallest absolute Gasteiger partial charge is 0.166 e. The molecule has 1 aliphatic heterocycles. The zero-order valence-electron chi connectivity index (χ0n) is 11.9. The van der Waals surface area contributed by atoms with Crippen molar-refractivity contribution < 1.29 is 9.47 Å². The minimum atomic E-state index is -0.440. The predicted octanol–water partition coefficient (Wildman–Crippen LogP) is 3.80. The van der Waals surface area contributed by atoms with Crippen LogP contribution in [0.2, 0.25) is 0 Å². The van der Waals surface area contributed by atoms with Gasteiger partial charge in [0.15, 0.2) is 5.79 Å². The average molecular weight is 248 g/mol. The second kappa shape index (κ2) is 5.02. The van der Waals surface area contributed by atoms with Crippen molar-refractivity contribution in [1.82, 2.24) is 0 Å². The van der Waals surface area contributed by atoms with E-state index in [-0.39, 0.29) is 11.5 Å². The first kappa shape index (κ1) is 13.6. The molecule has 0 radical (unpaired) electrons. The van der Waals surface area contributed by atoms with Crippen molar-refractivity contribution in [2.24, 2.45) is 5.41 Å². The molecular weight excluding hydrogens is 224 g/mol. The van der Waals surface area contributed by atoms with Crippen LogP contribution >= 0.6 is 0 Å². The van der Waals surface area contributed by atoms with Crippen LogP contribution in [0, 0.1) is 5.41 Å². The molecule has 0 unspecified atom stereocenters. The first-order valence-corrected chi connectivity index (χ1v) is 6.77. The molecule has 0 aliphatic carbocycles. The largest absolute Gasteiger partial charge is 0.350 e. The molecule has 0 amide bonds. The van der Waals surface area contributed by atoms with Crippen LogP contribution in [0.25, 0.3) is 0 Å². The zero-order valence-corrected chi connectivity index (χ0v) is 11.9. The summed E-state index contributed by atoms with van der Waals surface area (Å²) >= 11 is 0. The van der Waals surface area contributed by atoms with Crippen molar-refractivity contribution in [2.75, 3.05) is 6.61 Å². The number of rotatable bonds is 3. The van der Waals surface area contributed by atoms with Crippen molar-refractivity contribution >= 4 is 0 Å². The SMILES string of the molecule is C[C@@H]1O[C@@](C)(CCc2ccccc2)OCC1(C)C. The summed E-state index contributed by atoms with van der Waals surface area (Å²) in [5, 5.41) is 0. The second-order valence-electron chi connectivity index (χ2n) is 6.16. The second-order valence-corrected chi connectivity index (χ2v) is 6.16. The molecule has 0 spiro atoms. The minimum Gasteiger partial charge on any atom is -0.350 e. The van der Waals surface area contributed by atoms with Gasteiger partial charge in [-0.1, -0.05) is 44.2 Å². The lowest BCUT2D eigenvalue weighted by Crippen LogP contribution is -2.50. The van der Waals surface area contributed by atoms with Gasteiger partial charge in [-0.15, -0.1) is 0 Å². The fourth-order valence-corrected chi connectivity index (χ4v) is 2.17. The topological polar surface area (TPSA) is 18.5 Å². The lowest BCUT2D eigenvalue weighted by molar-refractivity contribution is -0.318. The van der Waals surface area contributed by atoms with Gasteiger partial charge in [0.2, 0.25) is 0 Å². The van der Waals surface area contributed by atoms with Gasteiger partial charge in [0.25, 0.3) is 0 Å². The highest BCUT2D eigenvalue weighted by Crippen LogP contribution is 2.36. The van der Waals surface area contributed by atoms with Crippen molar-refractivity contribution in [3.8, 4) is 0 Å². The highest BCUT2D eigenvalue weighted by molar-refractivity contribution is 5.14. The van der Waals surface area contributed by atoms with Gasteiger partial charge >= 0.3 is 0 Å². The number of hydrogen-bond acceptors (Lipinski definition) is 2. The van der Waals surface area contributed by atoms with Crippen LogP contribution in [-0.2, 0) is 15.9 Å². The molecule has 1 aromatic rings. The van der Waals surface area contributed by atoms with E-state index in [0.29, 0.717) is 0 Å². The van der Waals surface area contributed by atoms with Crippen molar-refractivity contribution in [2.45, 2.75) is 52.4 Å². The fourth-order valence-electron chi connectivity index (χ4n) is 2.17. The molecule has 100 valence electrons. The molecule has 2 atom stereocenters. The molecular formula is C16H24O2. The Morgan fingerprint density at radius 3 is 2.44 bits per heavy atom. The van der Waals surface area contributed by atoms with Gasteiger partial charge in [-0.05, 0) is 25.8 Å². The number of aryl methyl sites for hydroxylation is 1. The van der Waals surface area contributed by atoms with Crippen LogP contribution in [0.5, 0.6) is 0 Å². The summed E-state index contributed by atoms with van der Waals surface area (Å²) in [4.78, 5) is 0. The van der Waals surface area contributed by atoms with E-state index in [4.69, 9.17) is 9.47 Å². The summed E-state index contributed by atoms with van der Waals surface area (Å²) in [7, 11) is 0. The fraction of sp³-hybridized carbons (Fsp3) is 0.625. The Hall–Kier alpha value is -0.860. The lowest BCUT2D eigenvalue weighted by atomic mass is 9.86. The van der Waals surface area contributed by atoms with E-state index >= 15 is 0 Å². The minimum absolute atomic E-state index is 0.103. The van der Waals surface area contributed by atoms with E-state index < -0.39 is 5.79 Å². The van der Waals surface area contributed by atoms with E-state index in [1.54, 1.807) is 0 Å². The Labute approximate surface area is 110 Å². The third kappa shape index (κ3) is 3.12. The van der Waals surface area contributed by atoms with Gasteiger partial charge < -0.3 is 9.47 Å². The van der Waals surface area contributed by atoms with Crippen LogP contribution < -0.4 is 0 Å². The number of hydrogen-bond donors (Lipinski definition) is 0. The molecule has 1 aliphatic rings. The van der Waals surface area contributed by atoms with Crippen LogP contribution in [0.4, 0.5) is 0 Å². The van der Waals surface area contributed by atoms with E-state index in [2.05, 4.69) is 52.0 Å². The third-order valence-electron chi connectivity index (χ3n) is 3.99. The summed E-state index contributed by atoms with van der Waals surface area (Å²) < 4.78 is 12.0. The van der Waals surface area contributed by atoms with E-state index in [0.717, 1.165) is 19.4 Å². The first-order valence-electron chi connectivity index (χ1n) is 6.77. The lowest BCUT2D eigenvalue weighted by Gasteiger charge is -2.46. The van der Waals surface area contributed by atoms with Crippen molar-refractivity contribution in [1.29, 1.82) is 0 Å². The predicted molar refractivity (Wildman–Crippen MR) is 73.4 cm³/mol.